The number of hydrogen-bond donors (Lipinski definition) is 1. The number of aromatic nitrogens is 3. The zero-order chi connectivity index (χ0) is 10.4. The Bertz CT molecular complexity index is 272. The molecule has 1 N–H and O–H groups in total. The average molecular weight is 198 g/mol. The fourth-order valence-electron chi connectivity index (χ4n) is 1.21. The molecular formula is C9H18N4O. The number of nitrogens with zero attached hydrogens (tertiary/aromatic N) is 3. The summed E-state index contributed by atoms with van der Waals surface area (Å²) in [5.41, 5.74) is 0. The van der Waals surface area contributed by atoms with Gasteiger partial charge in [0.15, 0.2) is 0 Å². The molecule has 0 fully saturated rings. The molecule has 5 heteroatoms. The highest BCUT2D eigenvalue weighted by atomic mass is 16.5. The summed E-state index contributed by atoms with van der Waals surface area (Å²) in [6.07, 6.45) is 1.87. The summed E-state index contributed by atoms with van der Waals surface area (Å²) >= 11 is 0. The fourth-order valence-corrected chi connectivity index (χ4v) is 1.21. The Labute approximate surface area is 84.5 Å². The molecule has 1 aromatic rings. The van der Waals surface area contributed by atoms with Crippen LogP contribution in [0.25, 0.3) is 0 Å². The van der Waals surface area contributed by atoms with Crippen LogP contribution < -0.4 is 5.32 Å². The standard InChI is InChI=1S/C9H18N4O/c1-4-6-14-7-5-8-11-12-9(10-2)13(8)3/h4-7H2,1-3H3,(H,10,12). The zero-order valence-electron chi connectivity index (χ0n) is 9.08. The summed E-state index contributed by atoms with van der Waals surface area (Å²) in [6, 6.07) is 0. The average Bonchev–Trinajstić information content (AvgIpc) is 2.55. The van der Waals surface area contributed by atoms with Crippen molar-refractivity contribution >= 4 is 5.95 Å². The van der Waals surface area contributed by atoms with E-state index in [1.54, 1.807) is 0 Å². The van der Waals surface area contributed by atoms with E-state index in [0.29, 0.717) is 6.61 Å². The number of hydrogen-bond acceptors (Lipinski definition) is 4. The second-order valence-electron chi connectivity index (χ2n) is 3.11. The maximum absolute atomic E-state index is 5.38. The van der Waals surface area contributed by atoms with Crippen LogP contribution in [-0.4, -0.2) is 35.0 Å². The van der Waals surface area contributed by atoms with Gasteiger partial charge >= 0.3 is 0 Å². The number of rotatable bonds is 6. The summed E-state index contributed by atoms with van der Waals surface area (Å²) in [5, 5.41) is 11.0. The topological polar surface area (TPSA) is 52.0 Å². The molecule has 0 atom stereocenters. The van der Waals surface area contributed by atoms with Crippen molar-refractivity contribution in [3.8, 4) is 0 Å². The molecule has 0 amide bonds. The SMILES string of the molecule is CCCOCCc1nnc(NC)n1C. The lowest BCUT2D eigenvalue weighted by atomic mass is 10.4. The summed E-state index contributed by atoms with van der Waals surface area (Å²) in [6.45, 7) is 3.63. The van der Waals surface area contributed by atoms with Gasteiger partial charge in [0.25, 0.3) is 0 Å². The van der Waals surface area contributed by atoms with E-state index in [-0.39, 0.29) is 0 Å². The van der Waals surface area contributed by atoms with Crippen molar-refractivity contribution in [3.05, 3.63) is 5.82 Å². The predicted octanol–water partition coefficient (Wildman–Crippen LogP) is 0.826. The molecule has 0 aromatic carbocycles. The van der Waals surface area contributed by atoms with Crippen molar-refractivity contribution in [1.82, 2.24) is 14.8 Å². The lowest BCUT2D eigenvalue weighted by Gasteiger charge is -2.03. The molecule has 0 saturated carbocycles. The van der Waals surface area contributed by atoms with E-state index in [0.717, 1.165) is 31.2 Å². The van der Waals surface area contributed by atoms with Crippen LogP contribution >= 0.6 is 0 Å². The monoisotopic (exact) mass is 198 g/mol. The third kappa shape index (κ3) is 2.70. The molecular weight excluding hydrogens is 180 g/mol. The normalized spacial score (nSPS) is 10.5. The Morgan fingerprint density at radius 1 is 1.36 bits per heavy atom. The Kier molecular flexibility index (Phi) is 4.39. The summed E-state index contributed by atoms with van der Waals surface area (Å²) in [5.74, 6) is 1.74. The molecule has 14 heavy (non-hydrogen) atoms. The van der Waals surface area contributed by atoms with E-state index in [1.165, 1.54) is 0 Å². The largest absolute Gasteiger partial charge is 0.381 e. The van der Waals surface area contributed by atoms with Gasteiger partial charge in [0.2, 0.25) is 5.95 Å². The predicted molar refractivity (Wildman–Crippen MR) is 55.4 cm³/mol. The third-order valence-electron chi connectivity index (χ3n) is 2.01. The van der Waals surface area contributed by atoms with Gasteiger partial charge in [-0.05, 0) is 6.42 Å². The van der Waals surface area contributed by atoms with Crippen LogP contribution in [0.4, 0.5) is 5.95 Å². The molecule has 0 radical (unpaired) electrons. The zero-order valence-corrected chi connectivity index (χ0v) is 9.08. The lowest BCUT2D eigenvalue weighted by molar-refractivity contribution is 0.136. The van der Waals surface area contributed by atoms with Crippen molar-refractivity contribution in [2.24, 2.45) is 7.05 Å². The summed E-state index contributed by atoms with van der Waals surface area (Å²) < 4.78 is 7.32. The second-order valence-corrected chi connectivity index (χ2v) is 3.11. The van der Waals surface area contributed by atoms with Gasteiger partial charge in [0.05, 0.1) is 6.61 Å². The first-order valence-electron chi connectivity index (χ1n) is 4.93. The van der Waals surface area contributed by atoms with E-state index in [1.807, 2.05) is 18.7 Å². The molecule has 0 saturated heterocycles. The lowest BCUT2D eigenvalue weighted by Crippen LogP contribution is -2.06. The first kappa shape index (κ1) is 11.0. The molecule has 0 unspecified atom stereocenters. The van der Waals surface area contributed by atoms with Crippen LogP contribution in [0.5, 0.6) is 0 Å². The smallest absolute Gasteiger partial charge is 0.224 e. The first-order valence-corrected chi connectivity index (χ1v) is 4.93. The van der Waals surface area contributed by atoms with Crippen LogP contribution in [0.15, 0.2) is 0 Å². The van der Waals surface area contributed by atoms with Crippen molar-refractivity contribution in [2.75, 3.05) is 25.6 Å². The molecule has 0 bridgehead atoms. The fraction of sp³-hybridized carbons (Fsp3) is 0.778. The van der Waals surface area contributed by atoms with E-state index < -0.39 is 0 Å². The maximum Gasteiger partial charge on any atom is 0.224 e. The molecule has 1 rings (SSSR count). The summed E-state index contributed by atoms with van der Waals surface area (Å²) in [7, 11) is 3.78. The molecule has 0 spiro atoms. The van der Waals surface area contributed by atoms with Gasteiger partial charge in [-0.3, -0.25) is 0 Å². The second kappa shape index (κ2) is 5.59. The van der Waals surface area contributed by atoms with E-state index in [2.05, 4.69) is 22.4 Å². The molecule has 0 aliphatic rings. The van der Waals surface area contributed by atoms with Crippen LogP contribution in [-0.2, 0) is 18.2 Å². The Morgan fingerprint density at radius 2 is 2.14 bits per heavy atom. The Hall–Kier alpha value is -1.10. The number of nitrogens with one attached hydrogen (secondary N) is 1. The highest BCUT2D eigenvalue weighted by Gasteiger charge is 2.05. The van der Waals surface area contributed by atoms with E-state index in [4.69, 9.17) is 4.74 Å². The molecule has 5 nitrogen and oxygen atoms in total. The van der Waals surface area contributed by atoms with Gasteiger partial charge in [0, 0.05) is 27.1 Å². The van der Waals surface area contributed by atoms with Crippen molar-refractivity contribution in [3.63, 3.8) is 0 Å². The summed E-state index contributed by atoms with van der Waals surface area (Å²) in [4.78, 5) is 0. The van der Waals surface area contributed by atoms with Crippen molar-refractivity contribution in [2.45, 2.75) is 19.8 Å². The van der Waals surface area contributed by atoms with Crippen LogP contribution in [0.2, 0.25) is 0 Å². The van der Waals surface area contributed by atoms with Crippen LogP contribution in [0.3, 0.4) is 0 Å². The highest BCUT2D eigenvalue weighted by Crippen LogP contribution is 2.04. The third-order valence-corrected chi connectivity index (χ3v) is 2.01. The van der Waals surface area contributed by atoms with E-state index >= 15 is 0 Å². The van der Waals surface area contributed by atoms with Gasteiger partial charge in [-0.1, -0.05) is 6.92 Å². The minimum Gasteiger partial charge on any atom is -0.381 e. The van der Waals surface area contributed by atoms with E-state index in [9.17, 15) is 0 Å². The van der Waals surface area contributed by atoms with Gasteiger partial charge in [-0.15, -0.1) is 10.2 Å². The van der Waals surface area contributed by atoms with Crippen LogP contribution in [0, 0.1) is 0 Å². The quantitative estimate of drug-likeness (QED) is 0.688. The Morgan fingerprint density at radius 3 is 2.71 bits per heavy atom. The first-order chi connectivity index (χ1) is 6.79. The highest BCUT2D eigenvalue weighted by molar-refractivity contribution is 5.23. The van der Waals surface area contributed by atoms with Gasteiger partial charge in [-0.25, -0.2) is 0 Å². The minimum absolute atomic E-state index is 0.712. The molecule has 1 heterocycles. The van der Waals surface area contributed by atoms with Crippen molar-refractivity contribution in [1.29, 1.82) is 0 Å². The van der Waals surface area contributed by atoms with Crippen molar-refractivity contribution < 1.29 is 4.74 Å². The van der Waals surface area contributed by atoms with Gasteiger partial charge in [0.1, 0.15) is 5.82 Å². The molecule has 80 valence electrons. The molecule has 1 aromatic heterocycles. The molecule has 0 aliphatic carbocycles. The number of anilines is 1. The van der Waals surface area contributed by atoms with Crippen LogP contribution in [0.1, 0.15) is 19.2 Å². The van der Waals surface area contributed by atoms with Gasteiger partial charge in [-0.2, -0.15) is 0 Å². The maximum atomic E-state index is 5.38. The Balaban J connectivity index is 2.39. The molecule has 0 aliphatic heterocycles. The van der Waals surface area contributed by atoms with Gasteiger partial charge < -0.3 is 14.6 Å². The minimum atomic E-state index is 0.712. The number of ether oxygens (including phenoxy) is 1.